The van der Waals surface area contributed by atoms with Crippen LogP contribution in [-0.2, 0) is 14.8 Å². The highest BCUT2D eigenvalue weighted by molar-refractivity contribution is 7.88. The van der Waals surface area contributed by atoms with Gasteiger partial charge >= 0.3 is 0 Å². The number of hydrogen-bond donors (Lipinski definition) is 1. The first kappa shape index (κ1) is 14.5. The van der Waals surface area contributed by atoms with Gasteiger partial charge in [0.05, 0.1) is 19.5 Å². The Morgan fingerprint density at radius 2 is 1.89 bits per heavy atom. The van der Waals surface area contributed by atoms with Gasteiger partial charge in [0.15, 0.2) is 0 Å². The molecule has 0 bridgehead atoms. The van der Waals surface area contributed by atoms with E-state index in [1.54, 1.807) is 0 Å². The van der Waals surface area contributed by atoms with Crippen LogP contribution in [0.1, 0.15) is 11.6 Å². The predicted molar refractivity (Wildman–Crippen MR) is 74.4 cm³/mol. The first-order valence-electron chi connectivity index (χ1n) is 6.37. The fraction of sp³-hybridized carbons (Fsp3) is 0.538. The number of sulfonamides is 1. The predicted octanol–water partition coefficient (Wildman–Crippen LogP) is 0.609. The van der Waals surface area contributed by atoms with Crippen molar-refractivity contribution in [1.29, 1.82) is 0 Å². The number of nitrogens with one attached hydrogen (secondary N) is 1. The lowest BCUT2D eigenvalue weighted by atomic mass is 10.1. The SMILES string of the molecule is CS(=O)(=O)NCC(c1ccccc1)N1CCOCC1. The van der Waals surface area contributed by atoms with Gasteiger partial charge in [-0.2, -0.15) is 0 Å². The first-order chi connectivity index (χ1) is 9.06. The summed E-state index contributed by atoms with van der Waals surface area (Å²) < 4.78 is 30.5. The van der Waals surface area contributed by atoms with Crippen LogP contribution in [0.2, 0.25) is 0 Å². The van der Waals surface area contributed by atoms with Crippen molar-refractivity contribution < 1.29 is 13.2 Å². The second-order valence-corrected chi connectivity index (χ2v) is 6.53. The van der Waals surface area contributed by atoms with Crippen molar-refractivity contribution in [2.24, 2.45) is 0 Å². The van der Waals surface area contributed by atoms with Crippen molar-refractivity contribution in [1.82, 2.24) is 9.62 Å². The minimum Gasteiger partial charge on any atom is -0.379 e. The molecule has 1 aromatic carbocycles. The summed E-state index contributed by atoms with van der Waals surface area (Å²) in [6.07, 6.45) is 1.19. The van der Waals surface area contributed by atoms with E-state index in [-0.39, 0.29) is 6.04 Å². The normalized spacial score (nSPS) is 19.2. The van der Waals surface area contributed by atoms with Crippen LogP contribution in [0.15, 0.2) is 30.3 Å². The zero-order valence-electron chi connectivity index (χ0n) is 11.1. The number of hydrogen-bond acceptors (Lipinski definition) is 4. The van der Waals surface area contributed by atoms with Crippen molar-refractivity contribution in [3.05, 3.63) is 35.9 Å². The Morgan fingerprint density at radius 3 is 2.47 bits per heavy atom. The summed E-state index contributed by atoms with van der Waals surface area (Å²) in [4.78, 5) is 2.26. The van der Waals surface area contributed by atoms with E-state index in [4.69, 9.17) is 4.74 Å². The third-order valence-corrected chi connectivity index (χ3v) is 3.90. The summed E-state index contributed by atoms with van der Waals surface area (Å²) in [6.45, 7) is 3.43. The highest BCUT2D eigenvalue weighted by Gasteiger charge is 2.23. The average Bonchev–Trinajstić information content (AvgIpc) is 2.40. The molecule has 5 nitrogen and oxygen atoms in total. The van der Waals surface area contributed by atoms with Gasteiger partial charge in [-0.25, -0.2) is 13.1 Å². The van der Waals surface area contributed by atoms with E-state index in [0.29, 0.717) is 19.8 Å². The molecule has 0 amide bonds. The van der Waals surface area contributed by atoms with Gasteiger partial charge in [0, 0.05) is 25.7 Å². The van der Waals surface area contributed by atoms with Crippen LogP contribution in [0, 0.1) is 0 Å². The molecule has 0 aliphatic carbocycles. The molecule has 1 N–H and O–H groups in total. The van der Waals surface area contributed by atoms with E-state index >= 15 is 0 Å². The molecule has 6 heteroatoms. The molecule has 1 aromatic rings. The van der Waals surface area contributed by atoms with Crippen LogP contribution in [0.5, 0.6) is 0 Å². The molecule has 0 spiro atoms. The van der Waals surface area contributed by atoms with Gasteiger partial charge in [-0.3, -0.25) is 4.90 Å². The zero-order chi connectivity index (χ0) is 13.7. The number of benzene rings is 1. The van der Waals surface area contributed by atoms with Crippen molar-refractivity contribution in [2.75, 3.05) is 39.1 Å². The molecule has 1 atom stereocenters. The minimum atomic E-state index is -3.17. The van der Waals surface area contributed by atoms with E-state index in [0.717, 1.165) is 18.7 Å². The fourth-order valence-corrected chi connectivity index (χ4v) is 2.71. The van der Waals surface area contributed by atoms with Crippen molar-refractivity contribution in [3.63, 3.8) is 0 Å². The van der Waals surface area contributed by atoms with Gasteiger partial charge in [0.25, 0.3) is 0 Å². The lowest BCUT2D eigenvalue weighted by Gasteiger charge is -2.34. The smallest absolute Gasteiger partial charge is 0.208 e. The molecular weight excluding hydrogens is 264 g/mol. The van der Waals surface area contributed by atoms with Gasteiger partial charge in [-0.05, 0) is 5.56 Å². The Morgan fingerprint density at radius 1 is 1.26 bits per heavy atom. The summed E-state index contributed by atoms with van der Waals surface area (Å²) in [5.74, 6) is 0. The number of nitrogens with zero attached hydrogens (tertiary/aromatic N) is 1. The molecule has 1 aliphatic rings. The van der Waals surface area contributed by atoms with Crippen molar-refractivity contribution in [2.45, 2.75) is 6.04 Å². The highest BCUT2D eigenvalue weighted by Crippen LogP contribution is 2.21. The minimum absolute atomic E-state index is 0.0554. The molecule has 1 saturated heterocycles. The molecule has 1 aliphatic heterocycles. The van der Waals surface area contributed by atoms with E-state index in [1.165, 1.54) is 6.26 Å². The lowest BCUT2D eigenvalue weighted by Crippen LogP contribution is -2.43. The maximum atomic E-state index is 11.3. The van der Waals surface area contributed by atoms with Crippen LogP contribution < -0.4 is 4.72 Å². The van der Waals surface area contributed by atoms with Gasteiger partial charge in [-0.15, -0.1) is 0 Å². The zero-order valence-corrected chi connectivity index (χ0v) is 11.9. The largest absolute Gasteiger partial charge is 0.379 e. The molecule has 1 fully saturated rings. The van der Waals surface area contributed by atoms with E-state index in [1.807, 2.05) is 30.3 Å². The maximum Gasteiger partial charge on any atom is 0.208 e. The number of ether oxygens (including phenoxy) is 1. The molecule has 0 saturated carbocycles. The fourth-order valence-electron chi connectivity index (χ4n) is 2.25. The lowest BCUT2D eigenvalue weighted by molar-refractivity contribution is 0.0172. The average molecular weight is 284 g/mol. The van der Waals surface area contributed by atoms with Gasteiger partial charge < -0.3 is 4.74 Å². The van der Waals surface area contributed by atoms with Crippen molar-refractivity contribution >= 4 is 10.0 Å². The Balaban J connectivity index is 2.12. The molecule has 1 heterocycles. The monoisotopic (exact) mass is 284 g/mol. The molecule has 19 heavy (non-hydrogen) atoms. The molecule has 0 radical (unpaired) electrons. The Bertz CT molecular complexity index is 484. The van der Waals surface area contributed by atoms with Crippen LogP contribution in [0.25, 0.3) is 0 Å². The number of rotatable bonds is 5. The topological polar surface area (TPSA) is 58.6 Å². The van der Waals surface area contributed by atoms with Crippen LogP contribution in [0.3, 0.4) is 0 Å². The van der Waals surface area contributed by atoms with Gasteiger partial charge in [-0.1, -0.05) is 30.3 Å². The second kappa shape index (κ2) is 6.47. The molecule has 1 unspecified atom stereocenters. The van der Waals surface area contributed by atoms with Gasteiger partial charge in [0.2, 0.25) is 10.0 Å². The summed E-state index contributed by atoms with van der Waals surface area (Å²) in [6, 6.07) is 10.0. The molecule has 0 aromatic heterocycles. The van der Waals surface area contributed by atoms with Crippen LogP contribution in [0.4, 0.5) is 0 Å². The summed E-state index contributed by atoms with van der Waals surface area (Å²) >= 11 is 0. The standard InChI is InChI=1S/C13H20N2O3S/c1-19(16,17)14-11-13(12-5-3-2-4-6-12)15-7-9-18-10-8-15/h2-6,13-14H,7-11H2,1H3. The van der Waals surface area contributed by atoms with E-state index in [9.17, 15) is 8.42 Å². The Labute approximate surface area is 114 Å². The summed E-state index contributed by atoms with van der Waals surface area (Å²) in [5.41, 5.74) is 1.13. The molecule has 2 rings (SSSR count). The van der Waals surface area contributed by atoms with E-state index in [2.05, 4.69) is 9.62 Å². The van der Waals surface area contributed by atoms with Crippen molar-refractivity contribution in [3.8, 4) is 0 Å². The first-order valence-corrected chi connectivity index (χ1v) is 8.27. The van der Waals surface area contributed by atoms with Gasteiger partial charge in [0.1, 0.15) is 0 Å². The van der Waals surface area contributed by atoms with Crippen LogP contribution in [-0.4, -0.2) is 52.4 Å². The Kier molecular flexibility index (Phi) is 4.93. The second-order valence-electron chi connectivity index (χ2n) is 4.70. The highest BCUT2D eigenvalue weighted by atomic mass is 32.2. The molecular formula is C13H20N2O3S. The van der Waals surface area contributed by atoms with E-state index < -0.39 is 10.0 Å². The summed E-state index contributed by atoms with van der Waals surface area (Å²) in [7, 11) is -3.17. The Hall–Kier alpha value is -0.950. The third-order valence-electron chi connectivity index (χ3n) is 3.21. The third kappa shape index (κ3) is 4.58. The molecule has 106 valence electrons. The maximum absolute atomic E-state index is 11.3. The quantitative estimate of drug-likeness (QED) is 0.860. The summed E-state index contributed by atoms with van der Waals surface area (Å²) in [5, 5.41) is 0. The number of morpholine rings is 1. The van der Waals surface area contributed by atoms with Crippen LogP contribution >= 0.6 is 0 Å².